The van der Waals surface area contributed by atoms with Gasteiger partial charge in [-0.3, -0.25) is 14.4 Å². The maximum atomic E-state index is 12.8. The van der Waals surface area contributed by atoms with Gasteiger partial charge in [-0.25, -0.2) is 9.69 Å². The van der Waals surface area contributed by atoms with Crippen LogP contribution in [0.4, 0.5) is 10.5 Å². The Balaban J connectivity index is 1.54. The SMILES string of the molecule is NC(=O)Cn1cc(C=C2NC(=O)N(CC(=O)Nc3ccc(Cl)cc3)C2=O)c2ccccc21. The van der Waals surface area contributed by atoms with E-state index >= 15 is 0 Å². The van der Waals surface area contributed by atoms with Gasteiger partial charge in [-0.05, 0) is 36.4 Å². The summed E-state index contributed by atoms with van der Waals surface area (Å²) >= 11 is 5.82. The lowest BCUT2D eigenvalue weighted by molar-refractivity contribution is -0.127. The summed E-state index contributed by atoms with van der Waals surface area (Å²) in [6, 6.07) is 13.0. The van der Waals surface area contributed by atoms with Crippen molar-refractivity contribution in [3.63, 3.8) is 0 Å². The normalized spacial score (nSPS) is 14.8. The molecule has 1 saturated heterocycles. The Morgan fingerprint density at radius 2 is 1.78 bits per heavy atom. The zero-order chi connectivity index (χ0) is 22.8. The zero-order valence-electron chi connectivity index (χ0n) is 16.7. The van der Waals surface area contributed by atoms with Gasteiger partial charge in [0.05, 0.1) is 0 Å². The summed E-state index contributed by atoms with van der Waals surface area (Å²) in [4.78, 5) is 49.6. The van der Waals surface area contributed by atoms with Crippen LogP contribution < -0.4 is 16.4 Å². The molecule has 5 amide bonds. The second kappa shape index (κ2) is 8.56. The lowest BCUT2D eigenvalue weighted by Gasteiger charge is -2.11. The standard InChI is InChI=1S/C22H18ClN5O4/c23-14-5-7-15(8-6-14)25-20(30)12-28-21(31)17(26-22(28)32)9-13-10-27(11-19(24)29)18-4-2-1-3-16(13)18/h1-10H,11-12H2,(H2,24,29)(H,25,30)(H,26,32). The van der Waals surface area contributed by atoms with E-state index in [-0.39, 0.29) is 12.2 Å². The molecule has 162 valence electrons. The summed E-state index contributed by atoms with van der Waals surface area (Å²) in [5.41, 5.74) is 7.21. The Bertz CT molecular complexity index is 1280. The number of aromatic nitrogens is 1. The van der Waals surface area contributed by atoms with Gasteiger partial charge in [0.25, 0.3) is 5.91 Å². The van der Waals surface area contributed by atoms with E-state index in [4.69, 9.17) is 17.3 Å². The molecule has 2 heterocycles. The van der Waals surface area contributed by atoms with Crippen molar-refractivity contribution in [2.45, 2.75) is 6.54 Å². The van der Waals surface area contributed by atoms with Crippen LogP contribution in [0.25, 0.3) is 17.0 Å². The number of nitrogens with one attached hydrogen (secondary N) is 2. The number of primary amides is 1. The third-order valence-corrected chi connectivity index (χ3v) is 5.09. The van der Waals surface area contributed by atoms with Crippen molar-refractivity contribution in [1.82, 2.24) is 14.8 Å². The van der Waals surface area contributed by atoms with Crippen LogP contribution in [0.1, 0.15) is 5.56 Å². The maximum Gasteiger partial charge on any atom is 0.329 e. The summed E-state index contributed by atoms with van der Waals surface area (Å²) < 4.78 is 1.67. The molecule has 3 aromatic rings. The number of nitrogens with two attached hydrogens (primary N) is 1. The van der Waals surface area contributed by atoms with E-state index in [1.807, 2.05) is 24.3 Å². The van der Waals surface area contributed by atoms with Crippen molar-refractivity contribution >= 4 is 58.0 Å². The number of anilines is 1. The van der Waals surface area contributed by atoms with Crippen molar-refractivity contribution in [2.75, 3.05) is 11.9 Å². The van der Waals surface area contributed by atoms with Crippen molar-refractivity contribution in [1.29, 1.82) is 0 Å². The molecular weight excluding hydrogens is 434 g/mol. The minimum absolute atomic E-state index is 0.0243. The van der Waals surface area contributed by atoms with E-state index in [1.54, 1.807) is 35.0 Å². The molecule has 10 heteroatoms. The Hall–Kier alpha value is -4.11. The molecule has 1 fully saturated rings. The number of rotatable bonds is 6. The van der Waals surface area contributed by atoms with Gasteiger partial charge >= 0.3 is 6.03 Å². The Morgan fingerprint density at radius 3 is 2.50 bits per heavy atom. The van der Waals surface area contributed by atoms with Crippen LogP contribution in [0.3, 0.4) is 0 Å². The molecule has 0 unspecified atom stereocenters. The van der Waals surface area contributed by atoms with Crippen molar-refractivity contribution in [3.8, 4) is 0 Å². The predicted octanol–water partition coefficient (Wildman–Crippen LogP) is 2.31. The molecule has 0 spiro atoms. The molecule has 1 aliphatic heterocycles. The fourth-order valence-corrected chi connectivity index (χ4v) is 3.56. The highest BCUT2D eigenvalue weighted by molar-refractivity contribution is 6.30. The van der Waals surface area contributed by atoms with Gasteiger partial charge in [0.1, 0.15) is 18.8 Å². The second-order valence-corrected chi connectivity index (χ2v) is 7.57. The molecule has 4 rings (SSSR count). The molecule has 2 aromatic carbocycles. The van der Waals surface area contributed by atoms with Gasteiger partial charge in [-0.2, -0.15) is 0 Å². The zero-order valence-corrected chi connectivity index (χ0v) is 17.4. The van der Waals surface area contributed by atoms with E-state index in [2.05, 4.69) is 10.6 Å². The molecule has 0 saturated carbocycles. The quantitative estimate of drug-likeness (QED) is 0.392. The number of hydrogen-bond donors (Lipinski definition) is 3. The fraction of sp³-hybridized carbons (Fsp3) is 0.0909. The number of benzene rings is 2. The van der Waals surface area contributed by atoms with Gasteiger partial charge in [0, 0.05) is 33.4 Å². The first kappa shape index (κ1) is 21.1. The van der Waals surface area contributed by atoms with Gasteiger partial charge in [0.2, 0.25) is 11.8 Å². The van der Waals surface area contributed by atoms with Gasteiger partial charge in [-0.1, -0.05) is 29.8 Å². The van der Waals surface area contributed by atoms with Crippen LogP contribution in [-0.2, 0) is 20.9 Å². The van der Waals surface area contributed by atoms with E-state index in [0.29, 0.717) is 16.3 Å². The largest absolute Gasteiger partial charge is 0.368 e. The minimum Gasteiger partial charge on any atom is -0.368 e. The summed E-state index contributed by atoms with van der Waals surface area (Å²) in [5.74, 6) is -1.67. The highest BCUT2D eigenvalue weighted by atomic mass is 35.5. The predicted molar refractivity (Wildman–Crippen MR) is 119 cm³/mol. The van der Waals surface area contributed by atoms with Crippen LogP contribution >= 0.6 is 11.6 Å². The fourth-order valence-electron chi connectivity index (χ4n) is 3.44. The highest BCUT2D eigenvalue weighted by Gasteiger charge is 2.35. The van der Waals surface area contributed by atoms with Gasteiger partial charge in [-0.15, -0.1) is 0 Å². The number of nitrogens with zero attached hydrogens (tertiary/aromatic N) is 2. The number of hydrogen-bond acceptors (Lipinski definition) is 4. The number of halogens is 1. The highest BCUT2D eigenvalue weighted by Crippen LogP contribution is 2.24. The van der Waals surface area contributed by atoms with E-state index < -0.39 is 30.3 Å². The van der Waals surface area contributed by atoms with Crippen LogP contribution in [-0.4, -0.2) is 39.8 Å². The van der Waals surface area contributed by atoms with Crippen LogP contribution in [0.15, 0.2) is 60.4 Å². The van der Waals surface area contributed by atoms with Crippen LogP contribution in [0, 0.1) is 0 Å². The number of amides is 5. The molecule has 0 atom stereocenters. The number of carbonyl (C=O) groups is 4. The number of fused-ring (bicyclic) bond motifs is 1. The number of para-hydroxylation sites is 1. The monoisotopic (exact) mass is 451 g/mol. The lowest BCUT2D eigenvalue weighted by atomic mass is 10.1. The van der Waals surface area contributed by atoms with E-state index in [0.717, 1.165) is 15.8 Å². The molecule has 1 aromatic heterocycles. The van der Waals surface area contributed by atoms with Gasteiger partial charge < -0.3 is 20.9 Å². The Morgan fingerprint density at radius 1 is 1.06 bits per heavy atom. The average molecular weight is 452 g/mol. The molecule has 0 aliphatic carbocycles. The Labute approximate surface area is 187 Å². The number of imide groups is 1. The van der Waals surface area contributed by atoms with E-state index in [1.165, 1.54) is 6.08 Å². The van der Waals surface area contributed by atoms with Crippen molar-refractivity contribution in [3.05, 3.63) is 71.0 Å². The molecule has 0 radical (unpaired) electrons. The first-order chi connectivity index (χ1) is 15.3. The smallest absolute Gasteiger partial charge is 0.329 e. The summed E-state index contributed by atoms with van der Waals surface area (Å²) in [7, 11) is 0. The molecule has 32 heavy (non-hydrogen) atoms. The molecular formula is C22H18ClN5O4. The summed E-state index contributed by atoms with van der Waals surface area (Å²) in [6.07, 6.45) is 3.19. The molecule has 4 N–H and O–H groups in total. The Kier molecular flexibility index (Phi) is 5.65. The minimum atomic E-state index is -0.701. The van der Waals surface area contributed by atoms with Crippen LogP contribution in [0.2, 0.25) is 5.02 Å². The number of urea groups is 1. The average Bonchev–Trinajstić information content (AvgIpc) is 3.22. The second-order valence-electron chi connectivity index (χ2n) is 7.13. The molecule has 0 bridgehead atoms. The maximum absolute atomic E-state index is 12.8. The van der Waals surface area contributed by atoms with E-state index in [9.17, 15) is 19.2 Å². The van der Waals surface area contributed by atoms with Crippen LogP contribution in [0.5, 0.6) is 0 Å². The van der Waals surface area contributed by atoms with Crippen molar-refractivity contribution < 1.29 is 19.2 Å². The molecule has 1 aliphatic rings. The lowest BCUT2D eigenvalue weighted by Crippen LogP contribution is -2.38. The summed E-state index contributed by atoms with van der Waals surface area (Å²) in [6.45, 7) is -0.477. The van der Waals surface area contributed by atoms with Gasteiger partial charge in [0.15, 0.2) is 0 Å². The third kappa shape index (κ3) is 4.33. The molecule has 9 nitrogen and oxygen atoms in total. The first-order valence-corrected chi connectivity index (χ1v) is 9.96. The summed E-state index contributed by atoms with van der Waals surface area (Å²) in [5, 5.41) is 6.40. The first-order valence-electron chi connectivity index (χ1n) is 9.58. The topological polar surface area (TPSA) is 127 Å². The number of carbonyl (C=O) groups excluding carboxylic acids is 4. The third-order valence-electron chi connectivity index (χ3n) is 4.84. The van der Waals surface area contributed by atoms with Crippen molar-refractivity contribution in [2.24, 2.45) is 5.73 Å².